The Bertz CT molecular complexity index is 826. The van der Waals surface area contributed by atoms with Crippen molar-refractivity contribution in [2.24, 2.45) is 5.41 Å². The van der Waals surface area contributed by atoms with Crippen molar-refractivity contribution in [1.29, 1.82) is 0 Å². The van der Waals surface area contributed by atoms with Gasteiger partial charge in [0.1, 0.15) is 4.90 Å². The molecule has 162 valence electrons. The lowest BCUT2D eigenvalue weighted by Gasteiger charge is -2.39. The van der Waals surface area contributed by atoms with E-state index in [0.29, 0.717) is 25.8 Å². The van der Waals surface area contributed by atoms with E-state index in [4.69, 9.17) is 5.11 Å². The summed E-state index contributed by atoms with van der Waals surface area (Å²) in [4.78, 5) is 17.1. The number of amides is 1. The van der Waals surface area contributed by atoms with Gasteiger partial charge in [0, 0.05) is 38.6 Å². The number of carbonyl (C=O) groups excluding carboxylic acids is 1. The number of aromatic nitrogens is 1. The van der Waals surface area contributed by atoms with Crippen molar-refractivity contribution in [3.63, 3.8) is 0 Å². The van der Waals surface area contributed by atoms with Crippen LogP contribution in [-0.2, 0) is 14.8 Å². The zero-order chi connectivity index (χ0) is 21.3. The number of pyridine rings is 1. The molecule has 1 atom stereocenters. The molecule has 1 N–H and O–H groups in total. The second-order valence-corrected chi connectivity index (χ2v) is 9.30. The van der Waals surface area contributed by atoms with Gasteiger partial charge in [0.15, 0.2) is 0 Å². The molecule has 2 aliphatic heterocycles. The fraction of sp³-hybridized carbons (Fsp3) is 0.647. The number of alkyl halides is 3. The normalized spacial score (nSPS) is 21.3. The highest BCUT2D eigenvalue weighted by molar-refractivity contribution is 7.89. The van der Waals surface area contributed by atoms with Gasteiger partial charge in [-0.3, -0.25) is 4.98 Å². The Balaban J connectivity index is 1.59. The Morgan fingerprint density at radius 1 is 1.28 bits per heavy atom. The molecule has 3 rings (SSSR count). The molecule has 1 aromatic rings. The smallest absolute Gasteiger partial charge is 0.427 e. The van der Waals surface area contributed by atoms with Crippen LogP contribution >= 0.6 is 0 Å². The minimum atomic E-state index is -4.84. The van der Waals surface area contributed by atoms with Gasteiger partial charge in [-0.2, -0.15) is 17.5 Å². The van der Waals surface area contributed by atoms with E-state index in [-0.39, 0.29) is 29.9 Å². The van der Waals surface area contributed by atoms with E-state index in [1.807, 2.05) is 0 Å². The molecule has 1 amide bonds. The number of carbonyl (C=O) groups is 1. The summed E-state index contributed by atoms with van der Waals surface area (Å²) in [6.45, 7) is -0.392. The number of hydrogen-bond donors (Lipinski definition) is 1. The molecule has 1 aromatic heterocycles. The van der Waals surface area contributed by atoms with Crippen LogP contribution in [0.4, 0.5) is 18.0 Å². The summed E-state index contributed by atoms with van der Waals surface area (Å²) in [5, 5.41) is 8.79. The number of sulfonamides is 1. The Morgan fingerprint density at radius 3 is 2.48 bits per heavy atom. The van der Waals surface area contributed by atoms with Crippen LogP contribution in [-0.4, -0.2) is 78.9 Å². The highest BCUT2D eigenvalue weighted by Gasteiger charge is 2.47. The van der Waals surface area contributed by atoms with E-state index < -0.39 is 35.0 Å². The molecule has 2 fully saturated rings. The van der Waals surface area contributed by atoms with Gasteiger partial charge < -0.3 is 14.7 Å². The van der Waals surface area contributed by atoms with Crippen molar-refractivity contribution < 1.29 is 36.2 Å². The van der Waals surface area contributed by atoms with Gasteiger partial charge in [0.2, 0.25) is 16.1 Å². The van der Waals surface area contributed by atoms with Crippen molar-refractivity contribution in [2.45, 2.75) is 36.4 Å². The largest absolute Gasteiger partial charge is 0.434 e. The third-order valence-corrected chi connectivity index (χ3v) is 7.36. The van der Waals surface area contributed by atoms with Crippen LogP contribution in [0.3, 0.4) is 0 Å². The molecule has 12 heteroatoms. The number of nitrogens with zero attached hydrogens (tertiary/aromatic N) is 3. The molecule has 0 saturated carbocycles. The second kappa shape index (κ2) is 8.07. The average Bonchev–Trinajstić information content (AvgIpc) is 3.10. The van der Waals surface area contributed by atoms with Crippen molar-refractivity contribution >= 4 is 16.1 Å². The Morgan fingerprint density at radius 2 is 1.93 bits per heavy atom. The van der Waals surface area contributed by atoms with E-state index in [0.717, 1.165) is 4.90 Å². The third-order valence-electron chi connectivity index (χ3n) is 5.53. The summed E-state index contributed by atoms with van der Waals surface area (Å²) in [6.07, 6.45) is -4.23. The van der Waals surface area contributed by atoms with Crippen LogP contribution < -0.4 is 0 Å². The van der Waals surface area contributed by atoms with Gasteiger partial charge in [-0.05, 0) is 36.8 Å². The maximum atomic E-state index is 12.8. The van der Waals surface area contributed by atoms with Gasteiger partial charge in [-0.25, -0.2) is 13.2 Å². The van der Waals surface area contributed by atoms with Crippen LogP contribution in [0.25, 0.3) is 0 Å². The second-order valence-electron chi connectivity index (χ2n) is 7.36. The quantitative estimate of drug-likeness (QED) is 0.769. The first-order valence-electron chi connectivity index (χ1n) is 9.11. The molecule has 3 heterocycles. The Kier molecular flexibility index (Phi) is 6.06. The maximum Gasteiger partial charge on any atom is 0.427 e. The van der Waals surface area contributed by atoms with Crippen molar-refractivity contribution in [3.05, 3.63) is 24.5 Å². The Labute approximate surface area is 166 Å². The SMILES string of the molecule is O=C(O[C@H](CO)C(F)(F)F)N1CCC2(CC1)CCN(S(=O)(=O)c1cccnc1)C2. The molecule has 0 bridgehead atoms. The minimum absolute atomic E-state index is 0.111. The molecule has 0 aromatic carbocycles. The number of aliphatic hydroxyl groups excluding tert-OH is 1. The topological polar surface area (TPSA) is 100 Å². The molecular formula is C17H22F3N3O5S. The van der Waals surface area contributed by atoms with Crippen LogP contribution in [0.1, 0.15) is 19.3 Å². The van der Waals surface area contributed by atoms with Crippen molar-refractivity contribution in [2.75, 3.05) is 32.8 Å². The van der Waals surface area contributed by atoms with E-state index >= 15 is 0 Å². The number of hydrogen-bond acceptors (Lipinski definition) is 6. The standard InChI is InChI=1S/C17H22F3N3O5S/c18-17(19,20)14(11-24)28-15(25)22-7-3-16(4-8-22)5-9-23(12-16)29(26,27)13-2-1-6-21-10-13/h1-2,6,10,14,24H,3-5,7-9,11-12H2/t14-/m1/s1. The van der Waals surface area contributed by atoms with Crippen molar-refractivity contribution in [1.82, 2.24) is 14.2 Å². The average molecular weight is 437 g/mol. The van der Waals surface area contributed by atoms with Gasteiger partial charge in [-0.15, -0.1) is 0 Å². The van der Waals surface area contributed by atoms with Gasteiger partial charge in [-0.1, -0.05) is 0 Å². The molecule has 0 radical (unpaired) electrons. The van der Waals surface area contributed by atoms with Crippen molar-refractivity contribution in [3.8, 4) is 0 Å². The zero-order valence-corrected chi connectivity index (χ0v) is 16.3. The van der Waals surface area contributed by atoms with E-state index in [1.165, 1.54) is 22.8 Å². The van der Waals surface area contributed by atoms with Crippen LogP contribution in [0.15, 0.2) is 29.4 Å². The first kappa shape index (κ1) is 21.8. The van der Waals surface area contributed by atoms with Gasteiger partial charge >= 0.3 is 12.3 Å². The fourth-order valence-electron chi connectivity index (χ4n) is 3.72. The number of ether oxygens (including phenoxy) is 1. The lowest BCUT2D eigenvalue weighted by atomic mass is 9.78. The van der Waals surface area contributed by atoms with Crippen LogP contribution in [0, 0.1) is 5.41 Å². The molecular weight excluding hydrogens is 415 g/mol. The lowest BCUT2D eigenvalue weighted by Crippen LogP contribution is -2.47. The highest BCUT2D eigenvalue weighted by Crippen LogP contribution is 2.42. The highest BCUT2D eigenvalue weighted by atomic mass is 32.2. The summed E-state index contributed by atoms with van der Waals surface area (Å²) in [5.74, 6) is 0. The van der Waals surface area contributed by atoms with E-state index in [1.54, 1.807) is 6.07 Å². The number of rotatable bonds is 4. The summed E-state index contributed by atoms with van der Waals surface area (Å²) >= 11 is 0. The Hall–Kier alpha value is -1.92. The molecule has 2 saturated heterocycles. The number of piperidine rings is 1. The van der Waals surface area contributed by atoms with E-state index in [9.17, 15) is 26.4 Å². The first-order chi connectivity index (χ1) is 13.6. The molecule has 8 nitrogen and oxygen atoms in total. The van der Waals surface area contributed by atoms with Gasteiger partial charge in [0.05, 0.1) is 6.61 Å². The number of aliphatic hydroxyl groups is 1. The predicted octanol–water partition coefficient (Wildman–Crippen LogP) is 1.62. The summed E-state index contributed by atoms with van der Waals surface area (Å²) in [6, 6.07) is 3.02. The predicted molar refractivity (Wildman–Crippen MR) is 94.3 cm³/mol. The van der Waals surface area contributed by atoms with E-state index in [2.05, 4.69) is 9.72 Å². The first-order valence-corrected chi connectivity index (χ1v) is 10.5. The summed E-state index contributed by atoms with van der Waals surface area (Å²) in [5.41, 5.74) is -0.327. The van der Waals surface area contributed by atoms with Gasteiger partial charge in [0.25, 0.3) is 0 Å². The minimum Gasteiger partial charge on any atom is -0.434 e. The molecule has 0 unspecified atom stereocenters. The summed E-state index contributed by atoms with van der Waals surface area (Å²) < 4.78 is 69.3. The maximum absolute atomic E-state index is 12.8. The third kappa shape index (κ3) is 4.64. The monoisotopic (exact) mass is 437 g/mol. The van der Waals surface area contributed by atoms with Crippen LogP contribution in [0.5, 0.6) is 0 Å². The van der Waals surface area contributed by atoms with Crippen LogP contribution in [0.2, 0.25) is 0 Å². The number of likely N-dealkylation sites (tertiary alicyclic amines) is 1. The lowest BCUT2D eigenvalue weighted by molar-refractivity contribution is -0.215. The molecule has 29 heavy (non-hydrogen) atoms. The molecule has 2 aliphatic rings. The number of halogens is 3. The molecule has 0 aliphatic carbocycles. The molecule has 1 spiro atoms. The summed E-state index contributed by atoms with van der Waals surface area (Å²) in [7, 11) is -3.67. The zero-order valence-electron chi connectivity index (χ0n) is 15.5. The fourth-order valence-corrected chi connectivity index (χ4v) is 5.24.